The molecule has 0 amide bonds. The zero-order valence-electron chi connectivity index (χ0n) is 7.31. The number of oxazole rings is 1. The third-order valence-corrected chi connectivity index (χ3v) is 2.15. The van der Waals surface area contributed by atoms with E-state index in [0.717, 1.165) is 0 Å². The Kier molecular flexibility index (Phi) is 1.69. The summed E-state index contributed by atoms with van der Waals surface area (Å²) in [5.74, 6) is 0.680. The van der Waals surface area contributed by atoms with E-state index < -0.39 is 0 Å². The molecular weight excluding hydrogens is 218 g/mol. The molecule has 3 heterocycles. The first-order chi connectivity index (χ1) is 7.34. The van der Waals surface area contributed by atoms with E-state index in [1.165, 1.54) is 12.5 Å². The van der Waals surface area contributed by atoms with Crippen molar-refractivity contribution in [1.82, 2.24) is 25.1 Å². The van der Waals surface area contributed by atoms with Crippen molar-refractivity contribution >= 4 is 22.6 Å². The monoisotopic (exact) mass is 221 g/mol. The maximum atomic E-state index is 5.93. The van der Waals surface area contributed by atoms with Gasteiger partial charge in [-0.3, -0.25) is 5.10 Å². The van der Waals surface area contributed by atoms with Crippen LogP contribution < -0.4 is 0 Å². The van der Waals surface area contributed by atoms with Crippen molar-refractivity contribution in [2.45, 2.75) is 0 Å². The first-order valence-corrected chi connectivity index (χ1v) is 4.49. The maximum absolute atomic E-state index is 5.93. The standard InChI is InChI=1S/C8H4ClN5O/c9-6-5-4(3-11-14-5)12-7(13-6)8-10-1-2-15-8/h1-3H,(H,11,14). The van der Waals surface area contributed by atoms with Crippen LogP contribution in [-0.2, 0) is 0 Å². The molecule has 0 aliphatic heterocycles. The quantitative estimate of drug-likeness (QED) is 0.632. The number of aromatic amines is 1. The molecule has 7 heteroatoms. The van der Waals surface area contributed by atoms with Crippen LogP contribution in [0.25, 0.3) is 22.7 Å². The molecule has 0 aliphatic rings. The average Bonchev–Trinajstić information content (AvgIpc) is 2.88. The van der Waals surface area contributed by atoms with Crippen LogP contribution in [0.1, 0.15) is 0 Å². The predicted octanol–water partition coefficient (Wildman–Crippen LogP) is 1.66. The fraction of sp³-hybridized carbons (Fsp3) is 0. The zero-order valence-corrected chi connectivity index (χ0v) is 8.06. The summed E-state index contributed by atoms with van der Waals surface area (Å²) in [5, 5.41) is 6.82. The summed E-state index contributed by atoms with van der Waals surface area (Å²) < 4.78 is 5.07. The Morgan fingerprint density at radius 3 is 3.07 bits per heavy atom. The summed E-state index contributed by atoms with van der Waals surface area (Å²) in [5.41, 5.74) is 1.23. The molecule has 0 spiro atoms. The van der Waals surface area contributed by atoms with Crippen LogP contribution in [0.5, 0.6) is 0 Å². The van der Waals surface area contributed by atoms with Gasteiger partial charge in [0, 0.05) is 0 Å². The van der Waals surface area contributed by atoms with E-state index in [0.29, 0.717) is 27.9 Å². The van der Waals surface area contributed by atoms with Crippen LogP contribution in [0.15, 0.2) is 23.1 Å². The van der Waals surface area contributed by atoms with Gasteiger partial charge in [0.1, 0.15) is 17.3 Å². The summed E-state index contributed by atoms with van der Waals surface area (Å²) >= 11 is 5.93. The number of H-pyrrole nitrogens is 1. The fourth-order valence-corrected chi connectivity index (χ4v) is 1.45. The lowest BCUT2D eigenvalue weighted by Crippen LogP contribution is -1.90. The molecule has 0 atom stereocenters. The summed E-state index contributed by atoms with van der Waals surface area (Å²) in [4.78, 5) is 12.2. The van der Waals surface area contributed by atoms with Gasteiger partial charge in [-0.15, -0.1) is 0 Å². The van der Waals surface area contributed by atoms with Gasteiger partial charge in [-0.2, -0.15) is 5.10 Å². The predicted molar refractivity (Wildman–Crippen MR) is 52.2 cm³/mol. The molecule has 15 heavy (non-hydrogen) atoms. The molecule has 3 rings (SSSR count). The second-order valence-corrected chi connectivity index (χ2v) is 3.16. The topological polar surface area (TPSA) is 80.5 Å². The highest BCUT2D eigenvalue weighted by Gasteiger charge is 2.11. The second-order valence-electron chi connectivity index (χ2n) is 2.81. The van der Waals surface area contributed by atoms with E-state index >= 15 is 0 Å². The number of nitrogens with zero attached hydrogens (tertiary/aromatic N) is 4. The van der Waals surface area contributed by atoms with Crippen molar-refractivity contribution in [3.8, 4) is 11.7 Å². The van der Waals surface area contributed by atoms with Crippen molar-refractivity contribution in [1.29, 1.82) is 0 Å². The average molecular weight is 222 g/mol. The lowest BCUT2D eigenvalue weighted by Gasteiger charge is -1.95. The van der Waals surface area contributed by atoms with Crippen LogP contribution in [0.2, 0.25) is 5.15 Å². The molecule has 0 unspecified atom stereocenters. The number of aromatic nitrogens is 5. The summed E-state index contributed by atoms with van der Waals surface area (Å²) in [6.07, 6.45) is 4.54. The van der Waals surface area contributed by atoms with Gasteiger partial charge in [-0.1, -0.05) is 11.6 Å². The molecular formula is C8H4ClN5O. The van der Waals surface area contributed by atoms with Gasteiger partial charge >= 0.3 is 0 Å². The largest absolute Gasteiger partial charge is 0.442 e. The minimum absolute atomic E-state index is 0.297. The molecule has 0 saturated heterocycles. The lowest BCUT2D eigenvalue weighted by atomic mass is 10.4. The van der Waals surface area contributed by atoms with E-state index in [9.17, 15) is 0 Å². The van der Waals surface area contributed by atoms with Gasteiger partial charge in [0.15, 0.2) is 5.15 Å². The molecule has 0 saturated carbocycles. The van der Waals surface area contributed by atoms with Crippen LogP contribution in [0, 0.1) is 0 Å². The summed E-state index contributed by atoms with van der Waals surface area (Å²) in [6, 6.07) is 0. The van der Waals surface area contributed by atoms with Crippen molar-refractivity contribution in [3.63, 3.8) is 0 Å². The van der Waals surface area contributed by atoms with Gasteiger partial charge in [0.25, 0.3) is 5.89 Å². The Labute approximate surface area is 88.3 Å². The van der Waals surface area contributed by atoms with Gasteiger partial charge in [0.2, 0.25) is 5.82 Å². The minimum Gasteiger partial charge on any atom is -0.442 e. The lowest BCUT2D eigenvalue weighted by molar-refractivity contribution is 0.569. The third kappa shape index (κ3) is 1.26. The molecule has 74 valence electrons. The number of hydrogen-bond acceptors (Lipinski definition) is 5. The minimum atomic E-state index is 0.297. The number of hydrogen-bond donors (Lipinski definition) is 1. The third-order valence-electron chi connectivity index (χ3n) is 1.88. The highest BCUT2D eigenvalue weighted by Crippen LogP contribution is 2.21. The van der Waals surface area contributed by atoms with Gasteiger partial charge < -0.3 is 4.42 Å². The highest BCUT2D eigenvalue weighted by atomic mass is 35.5. The Bertz CT molecular complexity index is 603. The number of halogens is 1. The highest BCUT2D eigenvalue weighted by molar-refractivity contribution is 6.33. The molecule has 0 radical (unpaired) electrons. The SMILES string of the molecule is Clc1nc(-c2ncco2)nc2cn[nH]c12. The molecule has 0 bridgehead atoms. The molecule has 0 fully saturated rings. The van der Waals surface area contributed by atoms with E-state index in [1.54, 1.807) is 6.20 Å². The van der Waals surface area contributed by atoms with E-state index in [2.05, 4.69) is 25.1 Å². The van der Waals surface area contributed by atoms with Crippen molar-refractivity contribution < 1.29 is 4.42 Å². The molecule has 3 aromatic rings. The Morgan fingerprint density at radius 1 is 1.33 bits per heavy atom. The van der Waals surface area contributed by atoms with Crippen LogP contribution in [0.4, 0.5) is 0 Å². The molecule has 0 aromatic carbocycles. The smallest absolute Gasteiger partial charge is 0.264 e. The first kappa shape index (κ1) is 8.37. The van der Waals surface area contributed by atoms with Gasteiger partial charge in [0.05, 0.1) is 12.4 Å². The van der Waals surface area contributed by atoms with Crippen molar-refractivity contribution in [2.75, 3.05) is 0 Å². The first-order valence-electron chi connectivity index (χ1n) is 4.11. The van der Waals surface area contributed by atoms with Crippen LogP contribution >= 0.6 is 11.6 Å². The molecule has 1 N–H and O–H groups in total. The Morgan fingerprint density at radius 2 is 2.27 bits per heavy atom. The number of rotatable bonds is 1. The number of nitrogens with one attached hydrogen (secondary N) is 1. The van der Waals surface area contributed by atoms with E-state index in [1.807, 2.05) is 0 Å². The Balaban J connectivity index is 2.29. The van der Waals surface area contributed by atoms with Crippen LogP contribution in [-0.4, -0.2) is 25.1 Å². The fourth-order valence-electron chi connectivity index (χ4n) is 1.23. The van der Waals surface area contributed by atoms with Gasteiger partial charge in [-0.05, 0) is 0 Å². The van der Waals surface area contributed by atoms with Gasteiger partial charge in [-0.25, -0.2) is 15.0 Å². The molecule has 3 aromatic heterocycles. The zero-order chi connectivity index (χ0) is 10.3. The van der Waals surface area contributed by atoms with Crippen molar-refractivity contribution in [3.05, 3.63) is 23.8 Å². The molecule has 6 nitrogen and oxygen atoms in total. The van der Waals surface area contributed by atoms with E-state index in [-0.39, 0.29) is 0 Å². The van der Waals surface area contributed by atoms with Crippen molar-refractivity contribution in [2.24, 2.45) is 0 Å². The summed E-state index contributed by atoms with van der Waals surface area (Å²) in [7, 11) is 0. The van der Waals surface area contributed by atoms with Crippen LogP contribution in [0.3, 0.4) is 0 Å². The molecule has 0 aliphatic carbocycles. The summed E-state index contributed by atoms with van der Waals surface area (Å²) in [6.45, 7) is 0. The maximum Gasteiger partial charge on any atom is 0.264 e. The normalized spacial score (nSPS) is 11.0. The van der Waals surface area contributed by atoms with E-state index in [4.69, 9.17) is 16.0 Å². The number of fused-ring (bicyclic) bond motifs is 1. The second kappa shape index (κ2) is 3.03. The Hall–Kier alpha value is -1.95.